The first-order chi connectivity index (χ1) is 23.4. The quantitative estimate of drug-likeness (QED) is 0.226. The summed E-state index contributed by atoms with van der Waals surface area (Å²) >= 11 is 0. The van der Waals surface area contributed by atoms with Crippen molar-refractivity contribution in [2.45, 2.75) is 90.2 Å². The number of ether oxygens (including phenoxy) is 4. The number of carbonyl (C=O) groups excluding carboxylic acids is 2. The summed E-state index contributed by atoms with van der Waals surface area (Å²) in [5.74, 6) is -2.00. The van der Waals surface area contributed by atoms with Crippen LogP contribution in [0.5, 0.6) is 5.88 Å². The third-order valence-corrected chi connectivity index (χ3v) is 7.86. The highest BCUT2D eigenvalue weighted by Gasteiger charge is 2.36. The number of carboxylic acid groups (broad SMARTS) is 1. The van der Waals surface area contributed by atoms with Crippen LogP contribution in [0.2, 0.25) is 0 Å². The van der Waals surface area contributed by atoms with Crippen LogP contribution in [0.15, 0.2) is 48.5 Å². The Morgan fingerprint density at radius 2 is 1.76 bits per heavy atom. The Hall–Kier alpha value is -4.78. The molecule has 1 saturated heterocycles. The number of rotatable bonds is 10. The number of nitrogens with one attached hydrogen (secondary N) is 1. The van der Waals surface area contributed by atoms with E-state index in [2.05, 4.69) is 10.3 Å². The maximum atomic E-state index is 14.2. The number of aromatic carboxylic acids is 1. The van der Waals surface area contributed by atoms with E-state index in [9.17, 15) is 28.3 Å². The lowest BCUT2D eigenvalue weighted by atomic mass is 9.92. The van der Waals surface area contributed by atoms with Gasteiger partial charge in [-0.2, -0.15) is 0 Å². The number of nitrogens with zero attached hydrogens (tertiary/aromatic N) is 2. The van der Waals surface area contributed by atoms with Gasteiger partial charge in [0.05, 0.1) is 43.0 Å². The van der Waals surface area contributed by atoms with Gasteiger partial charge in [-0.15, -0.1) is 0 Å². The monoisotopic (exact) mass is 697 g/mol. The number of carbonyl (C=O) groups is 3. The molecule has 270 valence electrons. The maximum Gasteiger partial charge on any atom is 0.410 e. The molecule has 2 aromatic carbocycles. The van der Waals surface area contributed by atoms with Crippen molar-refractivity contribution in [3.63, 3.8) is 0 Å². The zero-order valence-electron chi connectivity index (χ0n) is 29.4. The smallest absolute Gasteiger partial charge is 0.410 e. The number of carboxylic acids is 1. The Morgan fingerprint density at radius 3 is 2.38 bits per heavy atom. The molecule has 0 radical (unpaired) electrons. The number of amides is 2. The highest BCUT2D eigenvalue weighted by atomic mass is 19.1. The number of fused-ring (bicyclic) bond motifs is 1. The molecule has 2 amide bonds. The summed E-state index contributed by atoms with van der Waals surface area (Å²) in [6.07, 6.45) is 2.27. The molecule has 13 heteroatoms. The van der Waals surface area contributed by atoms with Crippen LogP contribution in [0.4, 0.5) is 18.4 Å². The van der Waals surface area contributed by atoms with Gasteiger partial charge in [0, 0.05) is 23.6 Å². The molecule has 4 rings (SSSR count). The standard InChI is InChI=1S/C37H45F2N3O8/c1-36(2,3)49-34(45)40-29(20-23-10-13-27(33(43)44)26-14-17-31(47-7)41-32(23)26)30-16-12-25(21-48-30)42(35(46)50-37(4,5)6)18-8-9-22-19-24(38)11-15-28(22)39/h8-11,13-15,17,19,25,29-30H,12,16,18,20-21H2,1-7H3,(H,40,45)(H,43,44)/t25-,29-,30+/m1/s1. The predicted octanol–water partition coefficient (Wildman–Crippen LogP) is 7.15. The van der Waals surface area contributed by atoms with E-state index in [0.717, 1.165) is 18.2 Å². The lowest BCUT2D eigenvalue weighted by Crippen LogP contribution is -2.53. The zero-order valence-corrected chi connectivity index (χ0v) is 29.4. The van der Waals surface area contributed by atoms with E-state index in [0.29, 0.717) is 35.2 Å². The number of halogens is 2. The van der Waals surface area contributed by atoms with E-state index >= 15 is 0 Å². The summed E-state index contributed by atoms with van der Waals surface area (Å²) in [5, 5.41) is 13.1. The summed E-state index contributed by atoms with van der Waals surface area (Å²) in [5.41, 5.74) is -0.380. The van der Waals surface area contributed by atoms with Gasteiger partial charge in [-0.1, -0.05) is 18.2 Å². The van der Waals surface area contributed by atoms with Crippen molar-refractivity contribution in [3.05, 3.63) is 76.9 Å². The van der Waals surface area contributed by atoms with E-state index in [1.165, 1.54) is 24.2 Å². The molecule has 0 unspecified atom stereocenters. The van der Waals surface area contributed by atoms with Crippen molar-refractivity contribution in [2.24, 2.45) is 0 Å². The molecule has 0 saturated carbocycles. The summed E-state index contributed by atoms with van der Waals surface area (Å²) < 4.78 is 50.9. The first-order valence-corrected chi connectivity index (χ1v) is 16.4. The summed E-state index contributed by atoms with van der Waals surface area (Å²) in [6, 6.07) is 8.43. The van der Waals surface area contributed by atoms with Crippen molar-refractivity contribution in [2.75, 3.05) is 20.3 Å². The number of benzene rings is 2. The number of hydrogen-bond donors (Lipinski definition) is 2. The molecule has 1 aliphatic heterocycles. The van der Waals surface area contributed by atoms with Gasteiger partial charge in [0.1, 0.15) is 22.8 Å². The van der Waals surface area contributed by atoms with Gasteiger partial charge in [-0.3, -0.25) is 4.90 Å². The summed E-state index contributed by atoms with van der Waals surface area (Å²) in [4.78, 5) is 44.4. The molecular weight excluding hydrogens is 652 g/mol. The molecule has 3 aromatic rings. The fraction of sp³-hybridized carbons (Fsp3) is 0.459. The van der Waals surface area contributed by atoms with Crippen LogP contribution in [0, 0.1) is 11.6 Å². The summed E-state index contributed by atoms with van der Waals surface area (Å²) in [6.45, 7) is 10.6. The van der Waals surface area contributed by atoms with Crippen molar-refractivity contribution in [1.82, 2.24) is 15.2 Å². The minimum absolute atomic E-state index is 0.0402. The van der Waals surface area contributed by atoms with Crippen LogP contribution in [-0.4, -0.2) is 82.8 Å². The fourth-order valence-electron chi connectivity index (χ4n) is 5.64. The van der Waals surface area contributed by atoms with Gasteiger partial charge < -0.3 is 29.4 Å². The number of alkyl carbamates (subject to hydrolysis) is 1. The molecule has 1 fully saturated rings. The molecular formula is C37H45F2N3O8. The Balaban J connectivity index is 1.59. The average Bonchev–Trinajstić information content (AvgIpc) is 3.02. The number of methoxy groups -OCH3 is 1. The Kier molecular flexibility index (Phi) is 12.0. The first kappa shape index (κ1) is 38.0. The molecule has 1 aliphatic rings. The Morgan fingerprint density at radius 1 is 1.04 bits per heavy atom. The molecule has 2 heterocycles. The molecule has 3 atom stereocenters. The van der Waals surface area contributed by atoms with Crippen molar-refractivity contribution in [3.8, 4) is 5.88 Å². The van der Waals surface area contributed by atoms with Crippen LogP contribution in [0.1, 0.15) is 75.9 Å². The lowest BCUT2D eigenvalue weighted by Gasteiger charge is -2.39. The maximum absolute atomic E-state index is 14.2. The van der Waals surface area contributed by atoms with Crippen LogP contribution in [-0.2, 0) is 20.6 Å². The van der Waals surface area contributed by atoms with Crippen LogP contribution >= 0.6 is 0 Å². The Bertz CT molecular complexity index is 1730. The molecule has 0 bridgehead atoms. The average molecular weight is 698 g/mol. The predicted molar refractivity (Wildman–Crippen MR) is 183 cm³/mol. The van der Waals surface area contributed by atoms with E-state index in [-0.39, 0.29) is 30.7 Å². The van der Waals surface area contributed by atoms with Crippen molar-refractivity contribution >= 4 is 35.1 Å². The zero-order chi connectivity index (χ0) is 36.8. The minimum Gasteiger partial charge on any atom is -0.481 e. The molecule has 11 nitrogen and oxygen atoms in total. The van der Waals surface area contributed by atoms with Gasteiger partial charge in [0.25, 0.3) is 0 Å². The van der Waals surface area contributed by atoms with E-state index < -0.39 is 59.2 Å². The highest BCUT2D eigenvalue weighted by Crippen LogP contribution is 2.29. The van der Waals surface area contributed by atoms with Gasteiger partial charge in [0.2, 0.25) is 5.88 Å². The molecule has 2 N–H and O–H groups in total. The van der Waals surface area contributed by atoms with Gasteiger partial charge >= 0.3 is 18.2 Å². The molecule has 0 aliphatic carbocycles. The number of hydrogen-bond acceptors (Lipinski definition) is 8. The lowest BCUT2D eigenvalue weighted by molar-refractivity contribution is -0.0560. The topological polar surface area (TPSA) is 137 Å². The highest BCUT2D eigenvalue weighted by molar-refractivity contribution is 6.03. The number of pyridine rings is 1. The molecule has 1 aromatic heterocycles. The largest absolute Gasteiger partial charge is 0.481 e. The third-order valence-electron chi connectivity index (χ3n) is 7.86. The van der Waals surface area contributed by atoms with Crippen molar-refractivity contribution < 1.29 is 47.2 Å². The van der Waals surface area contributed by atoms with Gasteiger partial charge in [-0.05, 0) is 96.7 Å². The summed E-state index contributed by atoms with van der Waals surface area (Å²) in [7, 11) is 1.46. The first-order valence-electron chi connectivity index (χ1n) is 16.4. The van der Waals surface area contributed by atoms with E-state index in [1.54, 1.807) is 65.8 Å². The molecule has 0 spiro atoms. The SMILES string of the molecule is COc1ccc2c(C(=O)O)ccc(C[C@@H](NC(=O)OC(C)(C)C)[C@@H]3CC[C@@H](N(CC=Cc4cc(F)ccc4F)C(=O)OC(C)(C)C)CO3)c2n1. The van der Waals surface area contributed by atoms with Crippen LogP contribution in [0.3, 0.4) is 0 Å². The van der Waals surface area contributed by atoms with Gasteiger partial charge in [0.15, 0.2) is 0 Å². The van der Waals surface area contributed by atoms with Crippen molar-refractivity contribution in [1.29, 1.82) is 0 Å². The second kappa shape index (κ2) is 15.8. The minimum atomic E-state index is -1.11. The normalized spacial score (nSPS) is 17.3. The molecule has 50 heavy (non-hydrogen) atoms. The third kappa shape index (κ3) is 10.4. The second-order valence-corrected chi connectivity index (χ2v) is 14.1. The van der Waals surface area contributed by atoms with Crippen LogP contribution in [0.25, 0.3) is 17.0 Å². The van der Waals surface area contributed by atoms with E-state index in [1.807, 2.05) is 0 Å². The second-order valence-electron chi connectivity index (χ2n) is 14.1. The Labute approximate surface area is 290 Å². The van der Waals surface area contributed by atoms with Crippen LogP contribution < -0.4 is 10.1 Å². The van der Waals surface area contributed by atoms with E-state index in [4.69, 9.17) is 18.9 Å². The van der Waals surface area contributed by atoms with Gasteiger partial charge in [-0.25, -0.2) is 28.1 Å². The number of aromatic nitrogens is 1. The fourth-order valence-corrected chi connectivity index (χ4v) is 5.64.